The van der Waals surface area contributed by atoms with Crippen molar-refractivity contribution < 1.29 is 17.9 Å². The third kappa shape index (κ3) is 4.79. The van der Waals surface area contributed by atoms with Gasteiger partial charge in [-0.1, -0.05) is 26.2 Å². The summed E-state index contributed by atoms with van der Waals surface area (Å²) in [5.74, 6) is -0.618. The molecule has 1 rings (SSSR count). The monoisotopic (exact) mass is 333 g/mol. The zero-order chi connectivity index (χ0) is 16.0. The number of nitrogens with one attached hydrogen (secondary N) is 1. The van der Waals surface area contributed by atoms with Gasteiger partial charge in [0.25, 0.3) is 0 Å². The first-order valence-corrected chi connectivity index (χ1v) is 9.38. The van der Waals surface area contributed by atoms with E-state index in [2.05, 4.69) is 16.4 Å². The number of rotatable bonds is 8. The standard InChI is InChI=1S/C14H23NO4S2/c1-5-6-7-8-11(3)15-21(17,18)13-10(2)9-20-12(13)14(16)19-4/h9,11,15H,5-8H2,1-4H3. The second-order valence-electron chi connectivity index (χ2n) is 5.09. The first kappa shape index (κ1) is 18.1. The molecule has 0 aromatic carbocycles. The maximum Gasteiger partial charge on any atom is 0.349 e. The van der Waals surface area contributed by atoms with Crippen molar-refractivity contribution in [3.8, 4) is 0 Å². The molecule has 0 aliphatic rings. The third-order valence-electron chi connectivity index (χ3n) is 3.15. The first-order valence-electron chi connectivity index (χ1n) is 7.02. The molecule has 21 heavy (non-hydrogen) atoms. The Kier molecular flexibility index (Phi) is 6.83. The Labute approximate surface area is 130 Å². The first-order chi connectivity index (χ1) is 9.83. The zero-order valence-electron chi connectivity index (χ0n) is 12.9. The van der Waals surface area contributed by atoms with E-state index in [9.17, 15) is 13.2 Å². The van der Waals surface area contributed by atoms with Crippen molar-refractivity contribution in [2.75, 3.05) is 7.11 Å². The number of unbranched alkanes of at least 4 members (excludes halogenated alkanes) is 2. The van der Waals surface area contributed by atoms with E-state index < -0.39 is 16.0 Å². The van der Waals surface area contributed by atoms with E-state index in [0.717, 1.165) is 37.0 Å². The van der Waals surface area contributed by atoms with Crippen LogP contribution in [0.25, 0.3) is 0 Å². The Morgan fingerprint density at radius 1 is 1.43 bits per heavy atom. The molecule has 1 N–H and O–H groups in total. The highest BCUT2D eigenvalue weighted by molar-refractivity contribution is 7.89. The number of hydrogen-bond donors (Lipinski definition) is 1. The van der Waals surface area contributed by atoms with Crippen LogP contribution in [-0.4, -0.2) is 27.5 Å². The van der Waals surface area contributed by atoms with Gasteiger partial charge in [-0.05, 0) is 31.2 Å². The van der Waals surface area contributed by atoms with Crippen LogP contribution in [0.3, 0.4) is 0 Å². The molecule has 0 saturated carbocycles. The number of thiophene rings is 1. The van der Waals surface area contributed by atoms with Crippen LogP contribution in [0.1, 0.15) is 54.8 Å². The molecule has 0 saturated heterocycles. The molecule has 1 heterocycles. The van der Waals surface area contributed by atoms with Crippen LogP contribution in [0.2, 0.25) is 0 Å². The highest BCUT2D eigenvalue weighted by atomic mass is 32.2. The van der Waals surface area contributed by atoms with Gasteiger partial charge in [-0.2, -0.15) is 0 Å². The van der Waals surface area contributed by atoms with E-state index in [0.29, 0.717) is 5.56 Å². The lowest BCUT2D eigenvalue weighted by Gasteiger charge is -2.14. The molecule has 7 heteroatoms. The molecular weight excluding hydrogens is 310 g/mol. The van der Waals surface area contributed by atoms with Crippen LogP contribution in [0.15, 0.2) is 10.3 Å². The van der Waals surface area contributed by atoms with Crippen LogP contribution >= 0.6 is 11.3 Å². The average Bonchev–Trinajstić information content (AvgIpc) is 2.80. The van der Waals surface area contributed by atoms with Gasteiger partial charge in [-0.3, -0.25) is 0 Å². The SMILES string of the molecule is CCCCCC(C)NS(=O)(=O)c1c(C)csc1C(=O)OC. The molecule has 0 spiro atoms. The van der Waals surface area contributed by atoms with E-state index in [-0.39, 0.29) is 15.8 Å². The van der Waals surface area contributed by atoms with Gasteiger partial charge in [0.05, 0.1) is 7.11 Å². The highest BCUT2D eigenvalue weighted by Crippen LogP contribution is 2.27. The average molecular weight is 333 g/mol. The minimum absolute atomic E-state index is 0.0432. The summed E-state index contributed by atoms with van der Waals surface area (Å²) in [4.78, 5) is 11.9. The molecule has 0 aliphatic heterocycles. The molecule has 1 atom stereocenters. The summed E-state index contributed by atoms with van der Waals surface area (Å²) in [5, 5.41) is 1.66. The number of aryl methyl sites for hydroxylation is 1. The summed E-state index contributed by atoms with van der Waals surface area (Å²) in [6, 6.07) is -0.161. The van der Waals surface area contributed by atoms with Crippen LogP contribution in [0.5, 0.6) is 0 Å². The molecule has 1 aromatic heterocycles. The topological polar surface area (TPSA) is 72.5 Å². The van der Waals surface area contributed by atoms with Gasteiger partial charge in [0.15, 0.2) is 0 Å². The van der Waals surface area contributed by atoms with Gasteiger partial charge in [0.2, 0.25) is 10.0 Å². The number of carbonyl (C=O) groups is 1. The van der Waals surface area contributed by atoms with Gasteiger partial charge in [0.1, 0.15) is 9.77 Å². The number of carbonyl (C=O) groups excluding carboxylic acids is 1. The van der Waals surface area contributed by atoms with Crippen molar-refractivity contribution >= 4 is 27.3 Å². The smallest absolute Gasteiger partial charge is 0.349 e. The normalized spacial score (nSPS) is 13.1. The molecule has 5 nitrogen and oxygen atoms in total. The van der Waals surface area contributed by atoms with E-state index in [4.69, 9.17) is 0 Å². The number of hydrogen-bond acceptors (Lipinski definition) is 5. The third-order valence-corrected chi connectivity index (χ3v) is 6.14. The van der Waals surface area contributed by atoms with Crippen molar-refractivity contribution in [2.24, 2.45) is 0 Å². The quantitative estimate of drug-likeness (QED) is 0.586. The van der Waals surface area contributed by atoms with Gasteiger partial charge < -0.3 is 4.74 Å². The Morgan fingerprint density at radius 2 is 2.10 bits per heavy atom. The van der Waals surface area contributed by atoms with Crippen LogP contribution in [0.4, 0.5) is 0 Å². The fourth-order valence-electron chi connectivity index (χ4n) is 2.08. The summed E-state index contributed by atoms with van der Waals surface area (Å²) in [6.45, 7) is 5.62. The lowest BCUT2D eigenvalue weighted by Crippen LogP contribution is -2.33. The molecule has 0 bridgehead atoms. The van der Waals surface area contributed by atoms with E-state index in [1.165, 1.54) is 7.11 Å². The van der Waals surface area contributed by atoms with Gasteiger partial charge in [-0.25, -0.2) is 17.9 Å². The van der Waals surface area contributed by atoms with Crippen molar-refractivity contribution in [1.29, 1.82) is 0 Å². The highest BCUT2D eigenvalue weighted by Gasteiger charge is 2.28. The molecule has 1 unspecified atom stereocenters. The van der Waals surface area contributed by atoms with E-state index in [1.807, 2.05) is 6.92 Å². The second-order valence-corrected chi connectivity index (χ2v) is 7.62. The summed E-state index contributed by atoms with van der Waals surface area (Å²) >= 11 is 1.09. The molecule has 0 amide bonds. The van der Waals surface area contributed by atoms with Gasteiger partial charge in [-0.15, -0.1) is 11.3 Å². The fourth-order valence-corrected chi connectivity index (χ4v) is 5.07. The van der Waals surface area contributed by atoms with Crippen molar-refractivity contribution in [3.05, 3.63) is 15.8 Å². The van der Waals surface area contributed by atoms with E-state index in [1.54, 1.807) is 12.3 Å². The molecule has 120 valence electrons. The largest absolute Gasteiger partial charge is 0.465 e. The van der Waals surface area contributed by atoms with Crippen LogP contribution in [-0.2, 0) is 14.8 Å². The minimum Gasteiger partial charge on any atom is -0.465 e. The predicted octanol–water partition coefficient (Wildman–Crippen LogP) is 3.09. The minimum atomic E-state index is -3.71. The predicted molar refractivity (Wildman–Crippen MR) is 84.3 cm³/mol. The van der Waals surface area contributed by atoms with Crippen molar-refractivity contribution in [3.63, 3.8) is 0 Å². The molecular formula is C14H23NO4S2. The molecule has 0 fully saturated rings. The Balaban J connectivity index is 2.93. The Morgan fingerprint density at radius 3 is 2.67 bits per heavy atom. The summed E-state index contributed by atoms with van der Waals surface area (Å²) in [6.07, 6.45) is 3.93. The second kappa shape index (κ2) is 7.91. The van der Waals surface area contributed by atoms with Crippen molar-refractivity contribution in [2.45, 2.75) is 57.4 Å². The zero-order valence-corrected chi connectivity index (χ0v) is 14.6. The number of sulfonamides is 1. The maximum atomic E-state index is 12.5. The van der Waals surface area contributed by atoms with Gasteiger partial charge >= 0.3 is 5.97 Å². The van der Waals surface area contributed by atoms with Gasteiger partial charge in [0, 0.05) is 6.04 Å². The Hall–Kier alpha value is -0.920. The number of esters is 1. The summed E-state index contributed by atoms with van der Waals surface area (Å²) in [5.41, 5.74) is 0.564. The van der Waals surface area contributed by atoms with E-state index >= 15 is 0 Å². The lowest BCUT2D eigenvalue weighted by atomic mass is 10.1. The fraction of sp³-hybridized carbons (Fsp3) is 0.643. The lowest BCUT2D eigenvalue weighted by molar-refractivity contribution is 0.0602. The number of methoxy groups -OCH3 is 1. The molecule has 0 radical (unpaired) electrons. The molecule has 0 aliphatic carbocycles. The summed E-state index contributed by atoms with van der Waals surface area (Å²) < 4.78 is 32.3. The molecule has 1 aromatic rings. The van der Waals surface area contributed by atoms with Crippen molar-refractivity contribution in [1.82, 2.24) is 4.72 Å². The number of ether oxygens (including phenoxy) is 1. The van der Waals surface area contributed by atoms with Crippen LogP contribution in [0, 0.1) is 6.92 Å². The maximum absolute atomic E-state index is 12.5. The summed E-state index contributed by atoms with van der Waals surface area (Å²) in [7, 11) is -2.47. The Bertz CT molecular complexity index is 578. The van der Waals surface area contributed by atoms with Crippen LogP contribution < -0.4 is 4.72 Å².